The molecule has 0 aromatic heterocycles. The summed E-state index contributed by atoms with van der Waals surface area (Å²) in [5.74, 6) is -0.448. The third-order valence-corrected chi connectivity index (χ3v) is 1.84. The van der Waals surface area contributed by atoms with Gasteiger partial charge in [-0.1, -0.05) is 20.3 Å². The highest BCUT2D eigenvalue weighted by Gasteiger charge is 2.15. The Morgan fingerprint density at radius 2 is 2.18 bits per heavy atom. The van der Waals surface area contributed by atoms with Crippen LogP contribution in [0, 0.1) is 5.92 Å². The van der Waals surface area contributed by atoms with Gasteiger partial charge in [-0.3, -0.25) is 9.59 Å². The zero-order valence-electron chi connectivity index (χ0n) is 6.91. The van der Waals surface area contributed by atoms with Crippen molar-refractivity contribution in [2.45, 2.75) is 32.8 Å². The molecule has 64 valence electrons. The lowest BCUT2D eigenvalue weighted by Crippen LogP contribution is -2.21. The van der Waals surface area contributed by atoms with Crippen LogP contribution in [0.5, 0.6) is 0 Å². The Kier molecular flexibility index (Phi) is 4.70. The number of carbonyl (C=O) groups excluding carboxylic acids is 2. The summed E-state index contributed by atoms with van der Waals surface area (Å²) in [5.41, 5.74) is 0. The number of Topliss-reactive ketones (excluding diaryl/α,β-unsaturated/α-hetero) is 1. The van der Waals surface area contributed by atoms with Gasteiger partial charge < -0.3 is 5.11 Å². The molecule has 0 heterocycles. The maximum absolute atomic E-state index is 10.5. The average molecular weight is 158 g/mol. The third kappa shape index (κ3) is 3.88. The van der Waals surface area contributed by atoms with Gasteiger partial charge in [0.1, 0.15) is 0 Å². The van der Waals surface area contributed by atoms with Crippen LogP contribution < -0.4 is 0 Å². The van der Waals surface area contributed by atoms with Crippen molar-refractivity contribution >= 4 is 12.1 Å². The molecule has 0 saturated carbocycles. The first kappa shape index (κ1) is 10.3. The molecule has 2 unspecified atom stereocenters. The topological polar surface area (TPSA) is 54.4 Å². The van der Waals surface area contributed by atoms with Crippen LogP contribution in [-0.2, 0) is 9.59 Å². The summed E-state index contributed by atoms with van der Waals surface area (Å²) in [6.45, 7) is 3.78. The lowest BCUT2D eigenvalue weighted by atomic mass is 9.98. The van der Waals surface area contributed by atoms with Crippen LogP contribution in [0.1, 0.15) is 26.7 Å². The molecule has 0 aliphatic carbocycles. The van der Waals surface area contributed by atoms with E-state index in [9.17, 15) is 14.7 Å². The lowest BCUT2D eigenvalue weighted by Gasteiger charge is -2.14. The largest absolute Gasteiger partial charge is 0.392 e. The quantitative estimate of drug-likeness (QED) is 0.469. The number of aldehydes is 1. The van der Waals surface area contributed by atoms with E-state index in [0.29, 0.717) is 0 Å². The molecule has 0 aromatic rings. The summed E-state index contributed by atoms with van der Waals surface area (Å²) in [7, 11) is 0. The molecule has 0 saturated heterocycles. The monoisotopic (exact) mass is 158 g/mol. The molecule has 0 fully saturated rings. The number of hydrogen-bond donors (Lipinski definition) is 1. The molecule has 0 amide bonds. The van der Waals surface area contributed by atoms with Crippen molar-refractivity contribution in [2.24, 2.45) is 5.92 Å². The highest BCUT2D eigenvalue weighted by molar-refractivity contribution is 6.25. The van der Waals surface area contributed by atoms with Crippen molar-refractivity contribution in [3.63, 3.8) is 0 Å². The van der Waals surface area contributed by atoms with E-state index in [1.807, 2.05) is 13.8 Å². The molecule has 2 atom stereocenters. The highest BCUT2D eigenvalue weighted by Crippen LogP contribution is 2.10. The molecule has 0 radical (unpaired) electrons. The molecule has 3 nitrogen and oxygen atoms in total. The second-order valence-electron chi connectivity index (χ2n) is 2.74. The molecule has 11 heavy (non-hydrogen) atoms. The van der Waals surface area contributed by atoms with E-state index < -0.39 is 11.9 Å². The Morgan fingerprint density at radius 1 is 1.64 bits per heavy atom. The highest BCUT2D eigenvalue weighted by atomic mass is 16.3. The van der Waals surface area contributed by atoms with Crippen LogP contribution in [0.4, 0.5) is 0 Å². The number of ketones is 1. The maximum Gasteiger partial charge on any atom is 0.197 e. The Bertz CT molecular complexity index is 142. The Labute approximate surface area is 66.4 Å². The minimum atomic E-state index is -0.669. The first-order valence-corrected chi connectivity index (χ1v) is 3.77. The fourth-order valence-corrected chi connectivity index (χ4v) is 0.727. The Hall–Kier alpha value is -0.700. The Balaban J connectivity index is 3.76. The van der Waals surface area contributed by atoms with Crippen LogP contribution in [0.25, 0.3) is 0 Å². The van der Waals surface area contributed by atoms with Gasteiger partial charge in [-0.25, -0.2) is 0 Å². The van der Waals surface area contributed by atoms with E-state index in [2.05, 4.69) is 0 Å². The molecule has 1 N–H and O–H groups in total. The smallest absolute Gasteiger partial charge is 0.197 e. The van der Waals surface area contributed by atoms with E-state index >= 15 is 0 Å². The summed E-state index contributed by atoms with van der Waals surface area (Å²) in [5, 5.41) is 9.24. The fraction of sp³-hybridized carbons (Fsp3) is 0.750. The molecule has 0 spiro atoms. The molecular formula is C8H14O3. The van der Waals surface area contributed by atoms with Gasteiger partial charge in [-0.15, -0.1) is 0 Å². The van der Waals surface area contributed by atoms with E-state index in [0.717, 1.165) is 6.42 Å². The first-order valence-electron chi connectivity index (χ1n) is 3.77. The number of hydrogen-bond acceptors (Lipinski definition) is 3. The van der Waals surface area contributed by atoms with E-state index in [-0.39, 0.29) is 18.6 Å². The van der Waals surface area contributed by atoms with Crippen molar-refractivity contribution in [3.05, 3.63) is 0 Å². The van der Waals surface area contributed by atoms with Crippen molar-refractivity contribution in [1.29, 1.82) is 0 Å². The van der Waals surface area contributed by atoms with Crippen molar-refractivity contribution in [1.82, 2.24) is 0 Å². The second-order valence-corrected chi connectivity index (χ2v) is 2.74. The predicted molar refractivity (Wildman–Crippen MR) is 41.1 cm³/mol. The number of carbonyl (C=O) groups is 2. The van der Waals surface area contributed by atoms with Gasteiger partial charge in [0.05, 0.1) is 6.10 Å². The van der Waals surface area contributed by atoms with Crippen LogP contribution in [0.2, 0.25) is 0 Å². The molecule has 0 aliphatic heterocycles. The fourth-order valence-electron chi connectivity index (χ4n) is 0.727. The second kappa shape index (κ2) is 5.02. The van der Waals surface area contributed by atoms with Gasteiger partial charge in [0.15, 0.2) is 12.1 Å². The zero-order valence-corrected chi connectivity index (χ0v) is 6.91. The van der Waals surface area contributed by atoms with Gasteiger partial charge in [0.2, 0.25) is 0 Å². The molecule has 0 aliphatic rings. The van der Waals surface area contributed by atoms with Crippen molar-refractivity contribution < 1.29 is 14.7 Å². The predicted octanol–water partition coefficient (Wildman–Crippen LogP) is 0.551. The SMILES string of the molecule is CCC(C)C(O)CC(=O)C=O. The van der Waals surface area contributed by atoms with E-state index in [4.69, 9.17) is 0 Å². The molecule has 0 rings (SSSR count). The van der Waals surface area contributed by atoms with Crippen molar-refractivity contribution in [3.8, 4) is 0 Å². The number of aliphatic hydroxyl groups excluding tert-OH is 1. The normalized spacial score (nSPS) is 15.5. The number of aliphatic hydroxyl groups is 1. The zero-order chi connectivity index (χ0) is 8.85. The maximum atomic E-state index is 10.5. The lowest BCUT2D eigenvalue weighted by molar-refractivity contribution is -0.131. The number of rotatable bonds is 5. The first-order chi connectivity index (χ1) is 5.11. The molecule has 3 heteroatoms. The van der Waals surface area contributed by atoms with Crippen LogP contribution in [-0.4, -0.2) is 23.3 Å². The molecular weight excluding hydrogens is 144 g/mol. The summed E-state index contributed by atoms with van der Waals surface area (Å²) in [6, 6.07) is 0. The summed E-state index contributed by atoms with van der Waals surface area (Å²) in [4.78, 5) is 20.4. The summed E-state index contributed by atoms with van der Waals surface area (Å²) < 4.78 is 0. The van der Waals surface area contributed by atoms with Gasteiger partial charge >= 0.3 is 0 Å². The summed E-state index contributed by atoms with van der Waals surface area (Å²) in [6.07, 6.45) is 0.356. The van der Waals surface area contributed by atoms with Crippen LogP contribution in [0.15, 0.2) is 0 Å². The third-order valence-electron chi connectivity index (χ3n) is 1.84. The van der Waals surface area contributed by atoms with E-state index in [1.165, 1.54) is 0 Å². The average Bonchev–Trinajstić information content (AvgIpc) is 2.02. The van der Waals surface area contributed by atoms with Gasteiger partial charge in [0, 0.05) is 6.42 Å². The van der Waals surface area contributed by atoms with Crippen LogP contribution >= 0.6 is 0 Å². The molecule has 0 bridgehead atoms. The Morgan fingerprint density at radius 3 is 2.55 bits per heavy atom. The van der Waals surface area contributed by atoms with Crippen molar-refractivity contribution in [2.75, 3.05) is 0 Å². The summed E-state index contributed by atoms with van der Waals surface area (Å²) >= 11 is 0. The van der Waals surface area contributed by atoms with Gasteiger partial charge in [-0.05, 0) is 5.92 Å². The minimum Gasteiger partial charge on any atom is -0.392 e. The molecule has 0 aromatic carbocycles. The minimum absolute atomic E-state index is 0.0431. The van der Waals surface area contributed by atoms with Gasteiger partial charge in [-0.2, -0.15) is 0 Å². The van der Waals surface area contributed by atoms with E-state index in [1.54, 1.807) is 0 Å². The van der Waals surface area contributed by atoms with Crippen LogP contribution in [0.3, 0.4) is 0 Å². The van der Waals surface area contributed by atoms with Gasteiger partial charge in [0.25, 0.3) is 0 Å². The standard InChI is InChI=1S/C8H14O3/c1-3-6(2)8(11)4-7(10)5-9/h5-6,8,11H,3-4H2,1-2H3.